The summed E-state index contributed by atoms with van der Waals surface area (Å²) in [6.45, 7) is 5.98. The summed E-state index contributed by atoms with van der Waals surface area (Å²) in [5, 5.41) is 3.42. The standard InChI is InChI=1S/C16H24BrNO2/c1-4-11(2)8-14(18-3)12-9-15-16(10-13(12)17)20-7-5-6-19-15/h9-11,14,18H,4-8H2,1-3H3. The van der Waals surface area contributed by atoms with E-state index in [1.807, 2.05) is 13.1 Å². The van der Waals surface area contributed by atoms with Crippen LogP contribution in [-0.2, 0) is 0 Å². The van der Waals surface area contributed by atoms with Gasteiger partial charge in [-0.05, 0) is 37.1 Å². The van der Waals surface area contributed by atoms with Gasteiger partial charge >= 0.3 is 0 Å². The molecule has 0 fully saturated rings. The molecule has 0 aliphatic carbocycles. The lowest BCUT2D eigenvalue weighted by molar-refractivity contribution is 0.296. The lowest BCUT2D eigenvalue weighted by Gasteiger charge is -2.22. The van der Waals surface area contributed by atoms with Crippen molar-refractivity contribution >= 4 is 15.9 Å². The molecule has 1 heterocycles. The van der Waals surface area contributed by atoms with Gasteiger partial charge in [-0.25, -0.2) is 0 Å². The van der Waals surface area contributed by atoms with E-state index < -0.39 is 0 Å². The van der Waals surface area contributed by atoms with Gasteiger partial charge in [0.15, 0.2) is 11.5 Å². The minimum Gasteiger partial charge on any atom is -0.490 e. The van der Waals surface area contributed by atoms with E-state index in [0.29, 0.717) is 12.0 Å². The first kappa shape index (κ1) is 15.6. The molecule has 3 nitrogen and oxygen atoms in total. The van der Waals surface area contributed by atoms with Gasteiger partial charge in [0.2, 0.25) is 0 Å². The first-order valence-corrected chi connectivity index (χ1v) is 8.21. The van der Waals surface area contributed by atoms with Crippen LogP contribution in [0.4, 0.5) is 0 Å². The highest BCUT2D eigenvalue weighted by molar-refractivity contribution is 9.10. The van der Waals surface area contributed by atoms with Crippen molar-refractivity contribution in [1.82, 2.24) is 5.32 Å². The molecular weight excluding hydrogens is 318 g/mol. The maximum Gasteiger partial charge on any atom is 0.162 e. The lowest BCUT2D eigenvalue weighted by Crippen LogP contribution is -2.19. The molecule has 1 aliphatic heterocycles. The van der Waals surface area contributed by atoms with Gasteiger partial charge in [0, 0.05) is 16.9 Å². The quantitative estimate of drug-likeness (QED) is 0.865. The third-order valence-electron chi connectivity index (χ3n) is 3.93. The first-order chi connectivity index (χ1) is 9.65. The van der Waals surface area contributed by atoms with E-state index in [9.17, 15) is 0 Å². The van der Waals surface area contributed by atoms with Gasteiger partial charge < -0.3 is 14.8 Å². The fraction of sp³-hybridized carbons (Fsp3) is 0.625. The van der Waals surface area contributed by atoms with Gasteiger partial charge in [0.05, 0.1) is 13.2 Å². The largest absolute Gasteiger partial charge is 0.490 e. The molecule has 112 valence electrons. The molecule has 4 heteroatoms. The van der Waals surface area contributed by atoms with Crippen LogP contribution < -0.4 is 14.8 Å². The number of rotatable bonds is 5. The molecule has 1 N–H and O–H groups in total. The number of benzene rings is 1. The Labute approximate surface area is 130 Å². The van der Waals surface area contributed by atoms with Crippen LogP contribution in [0.5, 0.6) is 11.5 Å². The SMILES string of the molecule is CCC(C)CC(NC)c1cc2c(cc1Br)OCCCO2. The van der Waals surface area contributed by atoms with E-state index in [0.717, 1.165) is 42.0 Å². The zero-order valence-corrected chi connectivity index (χ0v) is 14.1. The van der Waals surface area contributed by atoms with Crippen LogP contribution in [0.2, 0.25) is 0 Å². The van der Waals surface area contributed by atoms with Crippen LogP contribution in [-0.4, -0.2) is 20.3 Å². The molecule has 0 amide bonds. The van der Waals surface area contributed by atoms with Gasteiger partial charge in [-0.3, -0.25) is 0 Å². The minimum atomic E-state index is 0.330. The maximum absolute atomic E-state index is 5.80. The summed E-state index contributed by atoms with van der Waals surface area (Å²) in [5.41, 5.74) is 1.25. The monoisotopic (exact) mass is 341 g/mol. The highest BCUT2D eigenvalue weighted by atomic mass is 79.9. The van der Waals surface area contributed by atoms with E-state index in [1.165, 1.54) is 12.0 Å². The molecule has 0 radical (unpaired) electrons. The van der Waals surface area contributed by atoms with Gasteiger partial charge in [0.1, 0.15) is 0 Å². The Morgan fingerprint density at radius 3 is 2.50 bits per heavy atom. The number of nitrogens with one attached hydrogen (secondary N) is 1. The van der Waals surface area contributed by atoms with Crippen molar-refractivity contribution < 1.29 is 9.47 Å². The molecule has 1 aromatic rings. The Kier molecular flexibility index (Phi) is 5.73. The van der Waals surface area contributed by atoms with Crippen LogP contribution in [0.15, 0.2) is 16.6 Å². The molecule has 0 saturated carbocycles. The average molecular weight is 342 g/mol. The van der Waals surface area contributed by atoms with E-state index in [1.54, 1.807) is 0 Å². The number of fused-ring (bicyclic) bond motifs is 1. The Morgan fingerprint density at radius 1 is 1.25 bits per heavy atom. The second-order valence-corrected chi connectivity index (χ2v) is 6.32. The normalized spacial score (nSPS) is 17.4. The second-order valence-electron chi connectivity index (χ2n) is 5.46. The number of ether oxygens (including phenoxy) is 2. The highest BCUT2D eigenvalue weighted by Gasteiger charge is 2.20. The van der Waals surface area contributed by atoms with Gasteiger partial charge in [-0.1, -0.05) is 36.2 Å². The Morgan fingerprint density at radius 2 is 1.90 bits per heavy atom. The van der Waals surface area contributed by atoms with Crippen LogP contribution >= 0.6 is 15.9 Å². The van der Waals surface area contributed by atoms with Crippen molar-refractivity contribution in [2.75, 3.05) is 20.3 Å². The van der Waals surface area contributed by atoms with E-state index in [2.05, 4.69) is 41.2 Å². The molecule has 0 saturated heterocycles. The maximum atomic E-state index is 5.80. The van der Waals surface area contributed by atoms with E-state index in [-0.39, 0.29) is 0 Å². The summed E-state index contributed by atoms with van der Waals surface area (Å²) in [6, 6.07) is 4.49. The zero-order chi connectivity index (χ0) is 14.5. The van der Waals surface area contributed by atoms with Crippen LogP contribution in [0.3, 0.4) is 0 Å². The van der Waals surface area contributed by atoms with Crippen molar-refractivity contribution in [2.24, 2.45) is 5.92 Å². The van der Waals surface area contributed by atoms with Crippen molar-refractivity contribution in [2.45, 2.75) is 39.2 Å². The molecule has 1 aliphatic rings. The summed E-state index contributed by atoms with van der Waals surface area (Å²) in [7, 11) is 2.02. The van der Waals surface area contributed by atoms with Crippen molar-refractivity contribution in [3.8, 4) is 11.5 Å². The molecule has 2 unspecified atom stereocenters. The molecule has 0 aromatic heterocycles. The van der Waals surface area contributed by atoms with Gasteiger partial charge in [-0.15, -0.1) is 0 Å². The zero-order valence-electron chi connectivity index (χ0n) is 12.5. The molecular formula is C16H24BrNO2. The molecule has 2 atom stereocenters. The van der Waals surface area contributed by atoms with Crippen LogP contribution in [0, 0.1) is 5.92 Å². The van der Waals surface area contributed by atoms with Crippen molar-refractivity contribution in [3.63, 3.8) is 0 Å². The Balaban J connectivity index is 2.28. The molecule has 20 heavy (non-hydrogen) atoms. The predicted octanol–water partition coefficient (Wildman–Crippen LogP) is 4.31. The third kappa shape index (κ3) is 3.67. The minimum absolute atomic E-state index is 0.330. The van der Waals surface area contributed by atoms with Crippen molar-refractivity contribution in [1.29, 1.82) is 0 Å². The number of hydrogen-bond acceptors (Lipinski definition) is 3. The highest BCUT2D eigenvalue weighted by Crippen LogP contribution is 2.39. The summed E-state index contributed by atoms with van der Waals surface area (Å²) < 4.78 is 12.6. The first-order valence-electron chi connectivity index (χ1n) is 7.42. The van der Waals surface area contributed by atoms with Crippen molar-refractivity contribution in [3.05, 3.63) is 22.2 Å². The fourth-order valence-corrected chi connectivity index (χ4v) is 3.03. The molecule has 0 spiro atoms. The van der Waals surface area contributed by atoms with Crippen LogP contribution in [0.1, 0.15) is 44.7 Å². The summed E-state index contributed by atoms with van der Waals surface area (Å²) in [4.78, 5) is 0. The lowest BCUT2D eigenvalue weighted by atomic mass is 9.94. The van der Waals surface area contributed by atoms with Gasteiger partial charge in [0.25, 0.3) is 0 Å². The van der Waals surface area contributed by atoms with Gasteiger partial charge in [-0.2, -0.15) is 0 Å². The molecule has 2 rings (SSSR count). The van der Waals surface area contributed by atoms with E-state index >= 15 is 0 Å². The van der Waals surface area contributed by atoms with Crippen LogP contribution in [0.25, 0.3) is 0 Å². The smallest absolute Gasteiger partial charge is 0.162 e. The average Bonchev–Trinajstić information content (AvgIpc) is 2.68. The number of hydrogen-bond donors (Lipinski definition) is 1. The van der Waals surface area contributed by atoms with E-state index in [4.69, 9.17) is 9.47 Å². The molecule has 1 aromatic carbocycles. The summed E-state index contributed by atoms with van der Waals surface area (Å²) in [6.07, 6.45) is 3.25. The number of halogens is 1. The molecule has 0 bridgehead atoms. The summed E-state index contributed by atoms with van der Waals surface area (Å²) >= 11 is 3.68. The Hall–Kier alpha value is -0.740. The predicted molar refractivity (Wildman–Crippen MR) is 85.6 cm³/mol. The fourth-order valence-electron chi connectivity index (χ4n) is 2.44. The second kappa shape index (κ2) is 7.32. The topological polar surface area (TPSA) is 30.5 Å². The third-order valence-corrected chi connectivity index (χ3v) is 4.61. The summed E-state index contributed by atoms with van der Waals surface area (Å²) in [5.74, 6) is 2.40. The Bertz CT molecular complexity index is 450.